The lowest BCUT2D eigenvalue weighted by molar-refractivity contribution is 0.00554. The molecule has 0 spiro atoms. The lowest BCUT2D eigenvalue weighted by Crippen LogP contribution is -2.52. The van der Waals surface area contributed by atoms with Gasteiger partial charge in [-0.05, 0) is 47.9 Å². The number of nitrogens with one attached hydrogen (secondary N) is 1. The highest BCUT2D eigenvalue weighted by atomic mass is 35.5. The molecular weight excluding hydrogens is 502 g/mol. The van der Waals surface area contributed by atoms with Gasteiger partial charge < -0.3 is 19.7 Å². The first kappa shape index (κ1) is 27.6. The molecule has 7 nitrogen and oxygen atoms in total. The fourth-order valence-electron chi connectivity index (χ4n) is 4.46. The summed E-state index contributed by atoms with van der Waals surface area (Å²) in [4.78, 5) is 28.6. The van der Waals surface area contributed by atoms with E-state index in [2.05, 4.69) is 16.3 Å². The smallest absolute Gasteiger partial charge is 0.337 e. The Kier molecular flexibility index (Phi) is 9.76. The Balaban J connectivity index is 1.31. The summed E-state index contributed by atoms with van der Waals surface area (Å²) in [6.45, 7) is 6.50. The number of nitrogens with zero attached hydrogens (tertiary/aromatic N) is 2. The third-order valence-corrected chi connectivity index (χ3v) is 6.93. The number of methoxy groups -OCH3 is 1. The molecule has 4 rings (SSSR count). The van der Waals surface area contributed by atoms with E-state index in [0.717, 1.165) is 29.8 Å². The number of aryl methyl sites for hydroxylation is 1. The minimum absolute atomic E-state index is 0.0351. The summed E-state index contributed by atoms with van der Waals surface area (Å²) < 4.78 is 11.1. The molecule has 1 fully saturated rings. The van der Waals surface area contributed by atoms with E-state index >= 15 is 0 Å². The molecule has 0 unspecified atom stereocenters. The largest absolute Gasteiger partial charge is 0.465 e. The molecule has 3 aromatic carbocycles. The Morgan fingerprint density at radius 1 is 0.947 bits per heavy atom. The van der Waals surface area contributed by atoms with Crippen molar-refractivity contribution in [3.63, 3.8) is 0 Å². The van der Waals surface area contributed by atoms with Gasteiger partial charge >= 0.3 is 12.0 Å². The van der Waals surface area contributed by atoms with Crippen LogP contribution in [0.15, 0.2) is 72.8 Å². The van der Waals surface area contributed by atoms with Crippen molar-refractivity contribution >= 4 is 23.6 Å². The van der Waals surface area contributed by atoms with E-state index in [4.69, 9.17) is 21.1 Å². The number of hydrogen-bond donors (Lipinski definition) is 1. The van der Waals surface area contributed by atoms with Crippen molar-refractivity contribution < 1.29 is 19.1 Å². The van der Waals surface area contributed by atoms with E-state index < -0.39 is 0 Å². The van der Waals surface area contributed by atoms with Gasteiger partial charge in [0.2, 0.25) is 0 Å². The maximum Gasteiger partial charge on any atom is 0.337 e. The number of rotatable bonds is 9. The number of urea groups is 1. The SMILES string of the molecule is COC(=O)c1ccc(CO[C@@H](CN2CCN(C(=O)NCc3cccc(C)c3)CC2)c2ccc(Cl)cc2)cc1. The van der Waals surface area contributed by atoms with Crippen LogP contribution >= 0.6 is 11.6 Å². The zero-order valence-electron chi connectivity index (χ0n) is 21.9. The molecule has 38 heavy (non-hydrogen) atoms. The highest BCUT2D eigenvalue weighted by Crippen LogP contribution is 2.23. The van der Waals surface area contributed by atoms with Crippen molar-refractivity contribution in [1.29, 1.82) is 0 Å². The molecule has 3 aromatic rings. The molecule has 0 bridgehead atoms. The van der Waals surface area contributed by atoms with Crippen LogP contribution in [0.1, 0.15) is 38.7 Å². The van der Waals surface area contributed by atoms with Crippen molar-refractivity contribution in [3.05, 3.63) is 106 Å². The molecule has 1 saturated heterocycles. The van der Waals surface area contributed by atoms with Gasteiger partial charge in [-0.2, -0.15) is 0 Å². The third-order valence-electron chi connectivity index (χ3n) is 6.68. The van der Waals surface area contributed by atoms with Crippen LogP contribution in [0.2, 0.25) is 5.02 Å². The summed E-state index contributed by atoms with van der Waals surface area (Å²) in [7, 11) is 1.37. The Morgan fingerprint density at radius 2 is 1.66 bits per heavy atom. The van der Waals surface area contributed by atoms with Crippen LogP contribution in [0.25, 0.3) is 0 Å². The van der Waals surface area contributed by atoms with Gasteiger partial charge in [0.25, 0.3) is 0 Å². The average Bonchev–Trinajstić information content (AvgIpc) is 2.94. The predicted molar refractivity (Wildman–Crippen MR) is 148 cm³/mol. The number of carbonyl (C=O) groups is 2. The number of esters is 1. The molecular formula is C30H34ClN3O4. The molecule has 1 aliphatic rings. The van der Waals surface area contributed by atoms with Gasteiger partial charge in [0.05, 0.1) is 25.4 Å². The van der Waals surface area contributed by atoms with Gasteiger partial charge in [0.15, 0.2) is 0 Å². The lowest BCUT2D eigenvalue weighted by atomic mass is 10.1. The number of hydrogen-bond acceptors (Lipinski definition) is 5. The normalized spacial score (nSPS) is 14.7. The van der Waals surface area contributed by atoms with Gasteiger partial charge in [0, 0.05) is 44.3 Å². The van der Waals surface area contributed by atoms with E-state index in [1.807, 2.05) is 66.4 Å². The number of halogens is 1. The van der Waals surface area contributed by atoms with Crippen molar-refractivity contribution in [1.82, 2.24) is 15.1 Å². The lowest BCUT2D eigenvalue weighted by Gasteiger charge is -2.36. The maximum absolute atomic E-state index is 12.7. The molecule has 0 aliphatic carbocycles. The summed E-state index contributed by atoms with van der Waals surface area (Å²) in [5.41, 5.74) is 4.79. The van der Waals surface area contributed by atoms with E-state index in [1.165, 1.54) is 12.7 Å². The molecule has 1 heterocycles. The van der Waals surface area contributed by atoms with Crippen molar-refractivity contribution in [2.45, 2.75) is 26.2 Å². The number of ether oxygens (including phenoxy) is 2. The van der Waals surface area contributed by atoms with Crippen LogP contribution in [-0.4, -0.2) is 61.6 Å². The molecule has 1 atom stereocenters. The zero-order valence-corrected chi connectivity index (χ0v) is 22.6. The summed E-state index contributed by atoms with van der Waals surface area (Å²) in [5, 5.41) is 3.72. The number of piperazine rings is 1. The van der Waals surface area contributed by atoms with E-state index in [9.17, 15) is 9.59 Å². The number of carbonyl (C=O) groups excluding carboxylic acids is 2. The van der Waals surface area contributed by atoms with E-state index in [-0.39, 0.29) is 18.1 Å². The second-order valence-corrected chi connectivity index (χ2v) is 9.91. The van der Waals surface area contributed by atoms with Crippen molar-refractivity contribution in [2.75, 3.05) is 39.8 Å². The van der Waals surface area contributed by atoms with Crippen molar-refractivity contribution in [2.24, 2.45) is 0 Å². The molecule has 0 saturated carbocycles. The zero-order chi connectivity index (χ0) is 26.9. The van der Waals surface area contributed by atoms with Gasteiger partial charge in [0.1, 0.15) is 0 Å². The van der Waals surface area contributed by atoms with Gasteiger partial charge in [-0.3, -0.25) is 4.90 Å². The number of benzene rings is 3. The topological polar surface area (TPSA) is 71.1 Å². The van der Waals surface area contributed by atoms with Crippen LogP contribution in [0.5, 0.6) is 0 Å². The first-order valence-electron chi connectivity index (χ1n) is 12.8. The van der Waals surface area contributed by atoms with Gasteiger partial charge in [-0.1, -0.05) is 65.7 Å². The fraction of sp³-hybridized carbons (Fsp3) is 0.333. The Labute approximate surface area is 229 Å². The Bertz CT molecular complexity index is 1210. The van der Waals surface area contributed by atoms with Crippen LogP contribution in [0.4, 0.5) is 4.79 Å². The second kappa shape index (κ2) is 13.4. The van der Waals surface area contributed by atoms with Crippen LogP contribution in [0, 0.1) is 6.92 Å². The Morgan fingerprint density at radius 3 is 2.32 bits per heavy atom. The molecule has 8 heteroatoms. The molecule has 1 N–H and O–H groups in total. The van der Waals surface area contributed by atoms with Crippen molar-refractivity contribution in [3.8, 4) is 0 Å². The quantitative estimate of drug-likeness (QED) is 0.380. The maximum atomic E-state index is 12.7. The highest BCUT2D eigenvalue weighted by Gasteiger charge is 2.24. The van der Waals surface area contributed by atoms with Gasteiger partial charge in [-0.15, -0.1) is 0 Å². The van der Waals surface area contributed by atoms with E-state index in [1.54, 1.807) is 12.1 Å². The number of amides is 2. The van der Waals surface area contributed by atoms with Crippen LogP contribution in [-0.2, 0) is 22.6 Å². The van der Waals surface area contributed by atoms with Crippen LogP contribution < -0.4 is 5.32 Å². The Hall–Kier alpha value is -3.39. The predicted octanol–water partition coefficient (Wildman–Crippen LogP) is 5.22. The monoisotopic (exact) mass is 535 g/mol. The summed E-state index contributed by atoms with van der Waals surface area (Å²) in [6.07, 6.45) is -0.172. The summed E-state index contributed by atoms with van der Waals surface area (Å²) in [5.74, 6) is -0.362. The molecule has 200 valence electrons. The van der Waals surface area contributed by atoms with Crippen LogP contribution in [0.3, 0.4) is 0 Å². The first-order valence-corrected chi connectivity index (χ1v) is 13.1. The standard InChI is InChI=1S/C30H34ClN3O4/c1-22-4-3-5-24(18-22)19-32-30(36)34-16-14-33(15-17-34)20-28(25-10-12-27(31)13-11-25)38-21-23-6-8-26(9-7-23)29(35)37-2/h3-13,18,28H,14-17,19-21H2,1-2H3,(H,32,36)/t28-/m0/s1. The highest BCUT2D eigenvalue weighted by molar-refractivity contribution is 6.30. The minimum Gasteiger partial charge on any atom is -0.465 e. The average molecular weight is 536 g/mol. The second-order valence-electron chi connectivity index (χ2n) is 9.48. The molecule has 0 aromatic heterocycles. The minimum atomic E-state index is -0.362. The van der Waals surface area contributed by atoms with Gasteiger partial charge in [-0.25, -0.2) is 9.59 Å². The van der Waals surface area contributed by atoms with E-state index in [0.29, 0.717) is 43.4 Å². The first-order chi connectivity index (χ1) is 18.4. The molecule has 0 radical (unpaired) electrons. The summed E-state index contributed by atoms with van der Waals surface area (Å²) >= 11 is 6.12. The molecule has 2 amide bonds. The fourth-order valence-corrected chi connectivity index (χ4v) is 4.59. The third kappa shape index (κ3) is 7.81. The summed E-state index contributed by atoms with van der Waals surface area (Å²) in [6, 6.07) is 23.1. The molecule has 1 aliphatic heterocycles.